The standard InChI is InChI=1S/C15H20N2O/c1-3-11(4-2)10-17-15(18)13-5-6-14-12(9-13)7-8-16-14/h5-9,11,16H,3-4,10H2,1-2H3,(H,17,18). The van der Waals surface area contributed by atoms with E-state index >= 15 is 0 Å². The minimum atomic E-state index is 0.0185. The number of benzene rings is 1. The van der Waals surface area contributed by atoms with Gasteiger partial charge in [-0.3, -0.25) is 4.79 Å². The summed E-state index contributed by atoms with van der Waals surface area (Å²) in [6.45, 7) is 5.08. The lowest BCUT2D eigenvalue weighted by molar-refractivity contribution is 0.0946. The van der Waals surface area contributed by atoms with Gasteiger partial charge in [0.15, 0.2) is 0 Å². The summed E-state index contributed by atoms with van der Waals surface area (Å²) >= 11 is 0. The summed E-state index contributed by atoms with van der Waals surface area (Å²) in [6.07, 6.45) is 4.10. The first kappa shape index (κ1) is 12.7. The molecule has 0 radical (unpaired) electrons. The molecule has 0 aliphatic rings. The summed E-state index contributed by atoms with van der Waals surface area (Å²) < 4.78 is 0. The molecule has 2 N–H and O–H groups in total. The molecular formula is C15H20N2O. The smallest absolute Gasteiger partial charge is 0.251 e. The van der Waals surface area contributed by atoms with Crippen LogP contribution in [0.4, 0.5) is 0 Å². The van der Waals surface area contributed by atoms with Crippen LogP contribution >= 0.6 is 0 Å². The van der Waals surface area contributed by atoms with Crippen LogP contribution < -0.4 is 5.32 Å². The Morgan fingerprint density at radius 1 is 1.28 bits per heavy atom. The summed E-state index contributed by atoms with van der Waals surface area (Å²) in [5.74, 6) is 0.593. The van der Waals surface area contributed by atoms with Crippen LogP contribution in [0.1, 0.15) is 37.0 Å². The van der Waals surface area contributed by atoms with Gasteiger partial charge in [0.2, 0.25) is 0 Å². The Morgan fingerprint density at radius 2 is 2.06 bits per heavy atom. The monoisotopic (exact) mass is 244 g/mol. The third-order valence-electron chi connectivity index (χ3n) is 3.52. The average molecular weight is 244 g/mol. The van der Waals surface area contributed by atoms with E-state index in [1.54, 1.807) is 0 Å². The number of carbonyl (C=O) groups excluding carboxylic acids is 1. The van der Waals surface area contributed by atoms with E-state index in [9.17, 15) is 4.79 Å². The van der Waals surface area contributed by atoms with Crippen LogP contribution in [0.15, 0.2) is 30.5 Å². The van der Waals surface area contributed by atoms with Crippen LogP contribution in [0.2, 0.25) is 0 Å². The SMILES string of the molecule is CCC(CC)CNC(=O)c1ccc2[nH]ccc2c1. The second kappa shape index (κ2) is 5.71. The predicted molar refractivity (Wildman–Crippen MR) is 74.7 cm³/mol. The minimum Gasteiger partial charge on any atom is -0.361 e. The van der Waals surface area contributed by atoms with Gasteiger partial charge in [0.25, 0.3) is 5.91 Å². The number of hydrogen-bond acceptors (Lipinski definition) is 1. The summed E-state index contributed by atoms with van der Waals surface area (Å²) in [6, 6.07) is 7.71. The molecule has 18 heavy (non-hydrogen) atoms. The molecule has 0 unspecified atom stereocenters. The van der Waals surface area contributed by atoms with Gasteiger partial charge >= 0.3 is 0 Å². The fraction of sp³-hybridized carbons (Fsp3) is 0.400. The number of amides is 1. The number of aromatic amines is 1. The summed E-state index contributed by atoms with van der Waals surface area (Å²) in [4.78, 5) is 15.1. The number of carbonyl (C=O) groups is 1. The van der Waals surface area contributed by atoms with Crippen molar-refractivity contribution in [3.8, 4) is 0 Å². The molecule has 1 aromatic carbocycles. The Kier molecular flexibility index (Phi) is 4.03. The molecule has 0 fully saturated rings. The van der Waals surface area contributed by atoms with Crippen molar-refractivity contribution in [3.05, 3.63) is 36.0 Å². The highest BCUT2D eigenvalue weighted by Crippen LogP contribution is 2.14. The van der Waals surface area contributed by atoms with Crippen molar-refractivity contribution >= 4 is 16.8 Å². The van der Waals surface area contributed by atoms with E-state index < -0.39 is 0 Å². The Morgan fingerprint density at radius 3 is 2.78 bits per heavy atom. The van der Waals surface area contributed by atoms with E-state index in [0.717, 1.165) is 35.9 Å². The average Bonchev–Trinajstić information content (AvgIpc) is 2.86. The van der Waals surface area contributed by atoms with Crippen LogP contribution in [-0.2, 0) is 0 Å². The normalized spacial score (nSPS) is 11.1. The van der Waals surface area contributed by atoms with Gasteiger partial charge in [0.1, 0.15) is 0 Å². The van der Waals surface area contributed by atoms with Crippen LogP contribution in [0.5, 0.6) is 0 Å². The molecule has 0 saturated carbocycles. The Bertz CT molecular complexity index is 526. The quantitative estimate of drug-likeness (QED) is 0.832. The summed E-state index contributed by atoms with van der Waals surface area (Å²) in [5.41, 5.74) is 1.79. The molecule has 0 aliphatic heterocycles. The minimum absolute atomic E-state index is 0.0185. The van der Waals surface area contributed by atoms with Crippen molar-refractivity contribution in [3.63, 3.8) is 0 Å². The number of H-pyrrole nitrogens is 1. The molecule has 1 aromatic heterocycles. The van der Waals surface area contributed by atoms with Gasteiger partial charge in [0.05, 0.1) is 0 Å². The van der Waals surface area contributed by atoms with Crippen LogP contribution in [-0.4, -0.2) is 17.4 Å². The van der Waals surface area contributed by atoms with E-state index in [4.69, 9.17) is 0 Å². The van der Waals surface area contributed by atoms with Crippen molar-refractivity contribution in [2.45, 2.75) is 26.7 Å². The van der Waals surface area contributed by atoms with Crippen LogP contribution in [0.3, 0.4) is 0 Å². The molecule has 1 heterocycles. The van der Waals surface area contributed by atoms with E-state index in [2.05, 4.69) is 24.1 Å². The Hall–Kier alpha value is -1.77. The van der Waals surface area contributed by atoms with Gasteiger partial charge in [-0.1, -0.05) is 26.7 Å². The number of fused-ring (bicyclic) bond motifs is 1. The van der Waals surface area contributed by atoms with Gasteiger partial charge < -0.3 is 10.3 Å². The molecule has 3 heteroatoms. The Balaban J connectivity index is 2.04. The lowest BCUT2D eigenvalue weighted by Gasteiger charge is -2.13. The fourth-order valence-electron chi connectivity index (χ4n) is 2.11. The third kappa shape index (κ3) is 2.73. The molecule has 0 aliphatic carbocycles. The first-order valence-electron chi connectivity index (χ1n) is 6.60. The van der Waals surface area contributed by atoms with Crippen LogP contribution in [0.25, 0.3) is 10.9 Å². The topological polar surface area (TPSA) is 44.9 Å². The second-order valence-corrected chi connectivity index (χ2v) is 4.67. The highest BCUT2D eigenvalue weighted by molar-refractivity contribution is 5.98. The maximum absolute atomic E-state index is 12.0. The van der Waals surface area contributed by atoms with Gasteiger partial charge in [-0.15, -0.1) is 0 Å². The largest absolute Gasteiger partial charge is 0.361 e. The van der Waals surface area contributed by atoms with E-state index in [1.807, 2.05) is 30.5 Å². The van der Waals surface area contributed by atoms with Crippen molar-refractivity contribution in [1.29, 1.82) is 0 Å². The van der Waals surface area contributed by atoms with Crippen molar-refractivity contribution in [1.82, 2.24) is 10.3 Å². The fourth-order valence-corrected chi connectivity index (χ4v) is 2.11. The number of rotatable bonds is 5. The molecule has 3 nitrogen and oxygen atoms in total. The van der Waals surface area contributed by atoms with Crippen molar-refractivity contribution < 1.29 is 4.79 Å². The van der Waals surface area contributed by atoms with Gasteiger partial charge in [-0.25, -0.2) is 0 Å². The molecule has 0 atom stereocenters. The molecule has 2 aromatic rings. The number of hydrogen-bond donors (Lipinski definition) is 2. The molecule has 0 bridgehead atoms. The second-order valence-electron chi connectivity index (χ2n) is 4.67. The van der Waals surface area contributed by atoms with Gasteiger partial charge in [-0.05, 0) is 30.2 Å². The van der Waals surface area contributed by atoms with Gasteiger partial charge in [-0.2, -0.15) is 0 Å². The lowest BCUT2D eigenvalue weighted by atomic mass is 10.0. The summed E-state index contributed by atoms with van der Waals surface area (Å²) in [5, 5.41) is 4.08. The van der Waals surface area contributed by atoms with Crippen LogP contribution in [0, 0.1) is 5.92 Å². The zero-order valence-electron chi connectivity index (χ0n) is 11.0. The third-order valence-corrected chi connectivity index (χ3v) is 3.52. The predicted octanol–water partition coefficient (Wildman–Crippen LogP) is 3.33. The molecular weight excluding hydrogens is 224 g/mol. The Labute approximate surface area is 108 Å². The van der Waals surface area contributed by atoms with Crippen molar-refractivity contribution in [2.24, 2.45) is 5.92 Å². The number of aromatic nitrogens is 1. The van der Waals surface area contributed by atoms with E-state index in [-0.39, 0.29) is 5.91 Å². The lowest BCUT2D eigenvalue weighted by Crippen LogP contribution is -2.28. The summed E-state index contributed by atoms with van der Waals surface area (Å²) in [7, 11) is 0. The molecule has 1 amide bonds. The number of nitrogens with one attached hydrogen (secondary N) is 2. The maximum Gasteiger partial charge on any atom is 0.251 e. The highest BCUT2D eigenvalue weighted by atomic mass is 16.1. The van der Waals surface area contributed by atoms with Crippen molar-refractivity contribution in [2.75, 3.05) is 6.54 Å². The molecule has 0 saturated heterocycles. The van der Waals surface area contributed by atoms with E-state index in [0.29, 0.717) is 5.92 Å². The molecule has 0 spiro atoms. The first-order chi connectivity index (χ1) is 8.74. The maximum atomic E-state index is 12.0. The van der Waals surface area contributed by atoms with E-state index in [1.165, 1.54) is 0 Å². The molecule has 2 rings (SSSR count). The van der Waals surface area contributed by atoms with Gasteiger partial charge in [0, 0.05) is 29.2 Å². The first-order valence-corrected chi connectivity index (χ1v) is 6.60. The zero-order chi connectivity index (χ0) is 13.0. The zero-order valence-corrected chi connectivity index (χ0v) is 11.0. The highest BCUT2D eigenvalue weighted by Gasteiger charge is 2.09. The molecule has 96 valence electrons.